The van der Waals surface area contributed by atoms with Crippen LogP contribution in [-0.2, 0) is 11.3 Å². The second-order valence-corrected chi connectivity index (χ2v) is 10.2. The van der Waals surface area contributed by atoms with Gasteiger partial charge in [-0.05, 0) is 49.6 Å². The number of benzene rings is 2. The van der Waals surface area contributed by atoms with Gasteiger partial charge in [-0.1, -0.05) is 47.6 Å². The normalized spacial score (nSPS) is 11.8. The number of rotatable bonds is 10. The molecule has 0 radical (unpaired) electrons. The molecule has 190 valence electrons. The number of aryl methyl sites for hydroxylation is 1. The Labute approximate surface area is 221 Å². The highest BCUT2D eigenvalue weighted by atomic mass is 79.9. The minimum absolute atomic E-state index is 0.0383. The van der Waals surface area contributed by atoms with Gasteiger partial charge in [0.1, 0.15) is 0 Å². The van der Waals surface area contributed by atoms with Crippen molar-refractivity contribution in [2.24, 2.45) is 5.92 Å². The molecule has 0 saturated carbocycles. The molecule has 2 N–H and O–H groups in total. The van der Waals surface area contributed by atoms with Crippen molar-refractivity contribution in [2.75, 3.05) is 11.1 Å². The summed E-state index contributed by atoms with van der Waals surface area (Å²) in [6.07, 6.45) is 0. The number of anilines is 1. The van der Waals surface area contributed by atoms with Gasteiger partial charge in [0.05, 0.1) is 16.7 Å². The van der Waals surface area contributed by atoms with Crippen molar-refractivity contribution in [1.29, 1.82) is 0 Å². The SMILES string of the molecule is CCn1c(SCC(=O)Nc2ccc(Br)cc2C)nnc1[C@H](NC(=O)c1cccc([N+](=O)[O-])c1)C(C)C. The first kappa shape index (κ1) is 27.3. The Hall–Kier alpha value is -3.25. The Morgan fingerprint density at radius 1 is 1.19 bits per heavy atom. The van der Waals surface area contributed by atoms with E-state index in [0.29, 0.717) is 17.5 Å². The summed E-state index contributed by atoms with van der Waals surface area (Å²) in [4.78, 5) is 36.0. The summed E-state index contributed by atoms with van der Waals surface area (Å²) in [5, 5.41) is 26.1. The molecule has 3 rings (SSSR count). The summed E-state index contributed by atoms with van der Waals surface area (Å²) in [7, 11) is 0. The molecule has 0 fully saturated rings. The van der Waals surface area contributed by atoms with Crippen LogP contribution in [0.1, 0.15) is 48.6 Å². The van der Waals surface area contributed by atoms with Crippen molar-refractivity contribution < 1.29 is 14.5 Å². The van der Waals surface area contributed by atoms with Crippen LogP contribution in [0.5, 0.6) is 0 Å². The number of hydrogen-bond acceptors (Lipinski definition) is 7. The van der Waals surface area contributed by atoms with E-state index in [9.17, 15) is 19.7 Å². The van der Waals surface area contributed by atoms with Crippen LogP contribution in [-0.4, -0.2) is 37.3 Å². The van der Waals surface area contributed by atoms with Crippen LogP contribution >= 0.6 is 27.7 Å². The van der Waals surface area contributed by atoms with E-state index in [1.807, 2.05) is 50.5 Å². The quantitative estimate of drug-likeness (QED) is 0.195. The largest absolute Gasteiger partial charge is 0.342 e. The zero-order valence-electron chi connectivity index (χ0n) is 20.3. The first-order chi connectivity index (χ1) is 17.1. The molecule has 0 aliphatic heterocycles. The summed E-state index contributed by atoms with van der Waals surface area (Å²) >= 11 is 4.67. The van der Waals surface area contributed by atoms with Gasteiger partial charge in [-0.2, -0.15) is 0 Å². The van der Waals surface area contributed by atoms with Crippen LogP contribution in [0.15, 0.2) is 52.1 Å². The molecular formula is C24H27BrN6O4S. The summed E-state index contributed by atoms with van der Waals surface area (Å²) in [6.45, 7) is 8.26. The summed E-state index contributed by atoms with van der Waals surface area (Å²) in [6, 6.07) is 10.7. The molecule has 0 aliphatic rings. The lowest BCUT2D eigenvalue weighted by molar-refractivity contribution is -0.384. The van der Waals surface area contributed by atoms with Crippen molar-refractivity contribution in [3.8, 4) is 0 Å². The highest BCUT2D eigenvalue weighted by Gasteiger charge is 2.26. The second kappa shape index (κ2) is 12.1. The Morgan fingerprint density at radius 3 is 2.58 bits per heavy atom. The molecule has 2 aromatic carbocycles. The number of nitro benzene ring substituents is 1. The fourth-order valence-corrected chi connectivity index (χ4v) is 4.82. The Bertz CT molecular complexity index is 1280. The van der Waals surface area contributed by atoms with E-state index in [2.05, 4.69) is 36.8 Å². The summed E-state index contributed by atoms with van der Waals surface area (Å²) in [5.41, 5.74) is 1.72. The van der Waals surface area contributed by atoms with E-state index in [4.69, 9.17) is 0 Å². The van der Waals surface area contributed by atoms with E-state index < -0.39 is 16.9 Å². The zero-order chi connectivity index (χ0) is 26.4. The minimum atomic E-state index is -0.540. The molecule has 0 bridgehead atoms. The maximum atomic E-state index is 12.9. The molecule has 2 amide bonds. The van der Waals surface area contributed by atoms with Gasteiger partial charge in [0, 0.05) is 34.4 Å². The Kier molecular flexibility index (Phi) is 9.21. The number of non-ortho nitro benzene ring substituents is 1. The molecule has 12 heteroatoms. The van der Waals surface area contributed by atoms with E-state index in [1.54, 1.807) is 0 Å². The Morgan fingerprint density at radius 2 is 1.94 bits per heavy atom. The van der Waals surface area contributed by atoms with Crippen molar-refractivity contribution in [3.63, 3.8) is 0 Å². The highest BCUT2D eigenvalue weighted by molar-refractivity contribution is 9.10. The number of nitro groups is 1. The average Bonchev–Trinajstić information content (AvgIpc) is 3.25. The predicted octanol–water partition coefficient (Wildman–Crippen LogP) is 5.14. The van der Waals surface area contributed by atoms with Crippen molar-refractivity contribution in [2.45, 2.75) is 45.4 Å². The number of halogens is 1. The standard InChI is InChI=1S/C24H27BrN6O4S/c1-5-30-22(21(14(2)3)27-23(33)16-7-6-8-18(12-16)31(34)35)28-29-24(30)36-13-20(32)26-19-10-9-17(25)11-15(19)4/h6-12,14,21H,5,13H2,1-4H3,(H,26,32)(H,27,33)/t21-/m1/s1. The first-order valence-corrected chi connectivity index (χ1v) is 13.1. The van der Waals surface area contributed by atoms with Gasteiger partial charge >= 0.3 is 0 Å². The molecule has 1 heterocycles. The van der Waals surface area contributed by atoms with E-state index in [0.717, 1.165) is 15.7 Å². The van der Waals surface area contributed by atoms with Gasteiger partial charge in [-0.15, -0.1) is 10.2 Å². The van der Waals surface area contributed by atoms with E-state index >= 15 is 0 Å². The molecule has 1 aromatic heterocycles. The zero-order valence-corrected chi connectivity index (χ0v) is 22.7. The molecule has 0 saturated heterocycles. The molecular weight excluding hydrogens is 548 g/mol. The van der Waals surface area contributed by atoms with Gasteiger partial charge in [0.15, 0.2) is 11.0 Å². The monoisotopic (exact) mass is 574 g/mol. The number of amides is 2. The van der Waals surface area contributed by atoms with Gasteiger partial charge < -0.3 is 15.2 Å². The topological polar surface area (TPSA) is 132 Å². The first-order valence-electron chi connectivity index (χ1n) is 11.3. The van der Waals surface area contributed by atoms with Gasteiger partial charge in [-0.25, -0.2) is 0 Å². The predicted molar refractivity (Wildman–Crippen MR) is 142 cm³/mol. The molecule has 0 unspecified atom stereocenters. The van der Waals surface area contributed by atoms with Crippen molar-refractivity contribution in [1.82, 2.24) is 20.1 Å². The third-order valence-corrected chi connectivity index (χ3v) is 6.87. The number of hydrogen-bond donors (Lipinski definition) is 2. The van der Waals surface area contributed by atoms with Crippen LogP contribution < -0.4 is 10.6 Å². The molecule has 0 aliphatic carbocycles. The van der Waals surface area contributed by atoms with Gasteiger partial charge in [0.2, 0.25) is 5.91 Å². The number of nitrogens with zero attached hydrogens (tertiary/aromatic N) is 4. The molecule has 3 aromatic rings. The van der Waals surface area contributed by atoms with E-state index in [-0.39, 0.29) is 28.8 Å². The third kappa shape index (κ3) is 6.70. The van der Waals surface area contributed by atoms with Crippen LogP contribution in [0.2, 0.25) is 0 Å². The molecule has 10 nitrogen and oxygen atoms in total. The highest BCUT2D eigenvalue weighted by Crippen LogP contribution is 2.26. The van der Waals surface area contributed by atoms with E-state index in [1.165, 1.54) is 36.0 Å². The molecule has 1 atom stereocenters. The molecule has 0 spiro atoms. The number of aromatic nitrogens is 3. The van der Waals surface area contributed by atoms with Crippen LogP contribution in [0.3, 0.4) is 0 Å². The van der Waals surface area contributed by atoms with Crippen molar-refractivity contribution >= 4 is 50.9 Å². The van der Waals surface area contributed by atoms with Gasteiger partial charge in [-0.3, -0.25) is 19.7 Å². The number of carbonyl (C=O) groups is 2. The number of thioether (sulfide) groups is 1. The van der Waals surface area contributed by atoms with Crippen LogP contribution in [0, 0.1) is 23.0 Å². The van der Waals surface area contributed by atoms with Crippen LogP contribution in [0.4, 0.5) is 11.4 Å². The smallest absolute Gasteiger partial charge is 0.270 e. The summed E-state index contributed by atoms with van der Waals surface area (Å²) in [5.74, 6) is 0.0418. The van der Waals surface area contributed by atoms with Gasteiger partial charge in [0.25, 0.3) is 11.6 Å². The maximum Gasteiger partial charge on any atom is 0.270 e. The third-order valence-electron chi connectivity index (χ3n) is 5.41. The maximum absolute atomic E-state index is 12.9. The fraction of sp³-hybridized carbons (Fsp3) is 0.333. The fourth-order valence-electron chi connectivity index (χ4n) is 3.53. The van der Waals surface area contributed by atoms with Crippen LogP contribution in [0.25, 0.3) is 0 Å². The summed E-state index contributed by atoms with van der Waals surface area (Å²) < 4.78 is 2.80. The lowest BCUT2D eigenvalue weighted by atomic mass is 10.0. The number of nitrogens with one attached hydrogen (secondary N) is 2. The second-order valence-electron chi connectivity index (χ2n) is 8.38. The lowest BCUT2D eigenvalue weighted by Crippen LogP contribution is -2.33. The average molecular weight is 575 g/mol. The number of carbonyl (C=O) groups excluding carboxylic acids is 2. The Balaban J connectivity index is 1.73. The lowest BCUT2D eigenvalue weighted by Gasteiger charge is -2.22. The van der Waals surface area contributed by atoms with Crippen molar-refractivity contribution in [3.05, 3.63) is 74.0 Å². The minimum Gasteiger partial charge on any atom is -0.342 e. The molecule has 36 heavy (non-hydrogen) atoms.